The van der Waals surface area contributed by atoms with E-state index in [1.807, 2.05) is 24.6 Å². The number of nitrogens with zero attached hydrogens (tertiary/aromatic N) is 2. The van der Waals surface area contributed by atoms with Crippen molar-refractivity contribution < 1.29 is 9.59 Å². The number of hydrogen-bond donors (Lipinski definition) is 1. The lowest BCUT2D eigenvalue weighted by molar-refractivity contribution is -0.115. The number of thiazole rings is 1. The first-order valence-electron chi connectivity index (χ1n) is 7.83. The first kappa shape index (κ1) is 16.1. The number of benzene rings is 1. The molecule has 0 radical (unpaired) electrons. The van der Waals surface area contributed by atoms with E-state index < -0.39 is 0 Å². The maximum Gasteiger partial charge on any atom is 0.290 e. The van der Waals surface area contributed by atoms with Crippen molar-refractivity contribution in [3.63, 3.8) is 0 Å². The Bertz CT molecular complexity index is 1020. The predicted octanol–water partition coefficient (Wildman–Crippen LogP) is 3.97. The van der Waals surface area contributed by atoms with E-state index >= 15 is 0 Å². The van der Waals surface area contributed by atoms with Crippen molar-refractivity contribution in [3.8, 4) is 0 Å². The Morgan fingerprint density at radius 1 is 1.28 bits per heavy atom. The van der Waals surface area contributed by atoms with E-state index in [-0.39, 0.29) is 11.1 Å². The average Bonchev–Trinajstić information content (AvgIpc) is 3.26. The minimum atomic E-state index is -0.327. The molecule has 4 rings (SSSR count). The number of thioether (sulfide) groups is 1. The van der Waals surface area contributed by atoms with E-state index in [1.165, 1.54) is 4.88 Å². The number of nitrogens with one attached hydrogen (secondary N) is 1. The standard InChI is InChI=1S/C18H15N3O2S2/c1-11-15(24-10-19-11)6-8-21-7-5-13-12(3-2-4-14(13)21)9-16-17(22)20-18(23)25-16/h2-5,7,9-10H,6,8H2,1H3,(H,20,22,23). The van der Waals surface area contributed by atoms with Crippen LogP contribution in [0.3, 0.4) is 0 Å². The number of rotatable bonds is 4. The van der Waals surface area contributed by atoms with Crippen molar-refractivity contribution in [2.24, 2.45) is 0 Å². The Kier molecular flexibility index (Phi) is 4.19. The fourth-order valence-electron chi connectivity index (χ4n) is 2.92. The van der Waals surface area contributed by atoms with Crippen LogP contribution in [0.2, 0.25) is 0 Å². The zero-order chi connectivity index (χ0) is 17.4. The van der Waals surface area contributed by atoms with Crippen molar-refractivity contribution in [2.75, 3.05) is 0 Å². The summed E-state index contributed by atoms with van der Waals surface area (Å²) in [6, 6.07) is 8.07. The molecule has 0 saturated carbocycles. The molecule has 2 aromatic heterocycles. The number of hydrogen-bond acceptors (Lipinski definition) is 5. The van der Waals surface area contributed by atoms with Gasteiger partial charge >= 0.3 is 0 Å². The quantitative estimate of drug-likeness (QED) is 0.707. The van der Waals surface area contributed by atoms with Crippen LogP contribution in [0.1, 0.15) is 16.1 Å². The molecule has 25 heavy (non-hydrogen) atoms. The molecule has 1 saturated heterocycles. The van der Waals surface area contributed by atoms with E-state index in [2.05, 4.69) is 33.2 Å². The van der Waals surface area contributed by atoms with Crippen LogP contribution < -0.4 is 5.32 Å². The van der Waals surface area contributed by atoms with Gasteiger partial charge in [0, 0.05) is 34.9 Å². The third kappa shape index (κ3) is 3.12. The highest BCUT2D eigenvalue weighted by molar-refractivity contribution is 8.18. The van der Waals surface area contributed by atoms with Crippen LogP contribution in [0.25, 0.3) is 17.0 Å². The molecule has 1 aliphatic heterocycles. The van der Waals surface area contributed by atoms with Crippen molar-refractivity contribution in [1.82, 2.24) is 14.9 Å². The van der Waals surface area contributed by atoms with Crippen LogP contribution in [-0.2, 0) is 17.8 Å². The van der Waals surface area contributed by atoms with Gasteiger partial charge in [-0.3, -0.25) is 14.9 Å². The molecule has 5 nitrogen and oxygen atoms in total. The molecular weight excluding hydrogens is 354 g/mol. The number of carbonyl (C=O) groups excluding carboxylic acids is 2. The van der Waals surface area contributed by atoms with Gasteiger partial charge in [-0.05, 0) is 42.5 Å². The fraction of sp³-hybridized carbons (Fsp3) is 0.167. The van der Waals surface area contributed by atoms with E-state index in [9.17, 15) is 9.59 Å². The lowest BCUT2D eigenvalue weighted by atomic mass is 10.1. The third-order valence-electron chi connectivity index (χ3n) is 4.20. The minimum absolute atomic E-state index is 0.319. The largest absolute Gasteiger partial charge is 0.347 e. The van der Waals surface area contributed by atoms with Crippen molar-refractivity contribution in [2.45, 2.75) is 19.9 Å². The highest BCUT2D eigenvalue weighted by Crippen LogP contribution is 2.29. The lowest BCUT2D eigenvalue weighted by Crippen LogP contribution is -2.17. The van der Waals surface area contributed by atoms with Gasteiger partial charge in [-0.1, -0.05) is 12.1 Å². The zero-order valence-corrected chi connectivity index (χ0v) is 15.1. The van der Waals surface area contributed by atoms with Gasteiger partial charge in [0.1, 0.15) is 0 Å². The van der Waals surface area contributed by atoms with Gasteiger partial charge in [-0.25, -0.2) is 4.98 Å². The molecule has 3 heterocycles. The molecule has 7 heteroatoms. The Balaban J connectivity index is 1.64. The molecule has 2 amide bonds. The molecule has 126 valence electrons. The van der Waals surface area contributed by atoms with Gasteiger partial charge in [-0.2, -0.15) is 0 Å². The monoisotopic (exact) mass is 369 g/mol. The normalized spacial score (nSPS) is 16.1. The minimum Gasteiger partial charge on any atom is -0.347 e. The molecule has 0 atom stereocenters. The van der Waals surface area contributed by atoms with Crippen LogP contribution in [0.5, 0.6) is 0 Å². The van der Waals surface area contributed by atoms with Gasteiger partial charge in [0.2, 0.25) is 0 Å². The molecule has 0 unspecified atom stereocenters. The molecule has 0 bridgehead atoms. The Morgan fingerprint density at radius 2 is 2.16 bits per heavy atom. The summed E-state index contributed by atoms with van der Waals surface area (Å²) >= 11 is 2.63. The Hall–Kier alpha value is -2.38. The summed E-state index contributed by atoms with van der Waals surface area (Å²) in [5.41, 5.74) is 5.04. The van der Waals surface area contributed by atoms with Gasteiger partial charge in [0.15, 0.2) is 0 Å². The van der Waals surface area contributed by atoms with Crippen LogP contribution in [0.15, 0.2) is 40.9 Å². The van der Waals surface area contributed by atoms with Crippen molar-refractivity contribution in [3.05, 3.63) is 57.0 Å². The highest BCUT2D eigenvalue weighted by Gasteiger charge is 2.25. The van der Waals surface area contributed by atoms with Crippen LogP contribution in [0, 0.1) is 6.92 Å². The van der Waals surface area contributed by atoms with Gasteiger partial charge in [0.25, 0.3) is 11.1 Å². The van der Waals surface area contributed by atoms with Crippen LogP contribution in [-0.4, -0.2) is 20.7 Å². The Labute approximate surface area is 152 Å². The number of aromatic nitrogens is 2. The second kappa shape index (κ2) is 6.50. The summed E-state index contributed by atoms with van der Waals surface area (Å²) in [6.07, 6.45) is 4.79. The smallest absolute Gasteiger partial charge is 0.290 e. The summed E-state index contributed by atoms with van der Waals surface area (Å²) < 4.78 is 2.21. The summed E-state index contributed by atoms with van der Waals surface area (Å²) in [4.78, 5) is 29.1. The summed E-state index contributed by atoms with van der Waals surface area (Å²) in [7, 11) is 0. The summed E-state index contributed by atoms with van der Waals surface area (Å²) in [6.45, 7) is 2.91. The SMILES string of the molecule is Cc1ncsc1CCn1ccc2c(C=C3SC(=O)NC3=O)cccc21. The second-order valence-corrected chi connectivity index (χ2v) is 7.71. The second-order valence-electron chi connectivity index (χ2n) is 5.75. The maximum absolute atomic E-state index is 11.8. The van der Waals surface area contributed by atoms with Crippen molar-refractivity contribution in [1.29, 1.82) is 0 Å². The molecule has 1 aliphatic rings. The predicted molar refractivity (Wildman–Crippen MR) is 102 cm³/mol. The van der Waals surface area contributed by atoms with Gasteiger partial charge in [0.05, 0.1) is 16.1 Å². The van der Waals surface area contributed by atoms with Crippen LogP contribution in [0.4, 0.5) is 4.79 Å². The summed E-state index contributed by atoms with van der Waals surface area (Å²) in [5, 5.41) is 3.04. The van der Waals surface area contributed by atoms with E-state index in [0.29, 0.717) is 4.91 Å². The maximum atomic E-state index is 11.8. The van der Waals surface area contributed by atoms with Crippen LogP contribution >= 0.6 is 23.1 Å². The number of carbonyl (C=O) groups is 2. The summed E-state index contributed by atoms with van der Waals surface area (Å²) in [5.74, 6) is -0.327. The van der Waals surface area contributed by atoms with E-state index in [0.717, 1.165) is 46.9 Å². The molecular formula is C18H15N3O2S2. The van der Waals surface area contributed by atoms with Crippen molar-refractivity contribution >= 4 is 51.2 Å². The van der Waals surface area contributed by atoms with Gasteiger partial charge < -0.3 is 4.57 Å². The zero-order valence-electron chi connectivity index (χ0n) is 13.5. The molecule has 1 fully saturated rings. The average molecular weight is 369 g/mol. The number of aryl methyl sites for hydroxylation is 3. The number of fused-ring (bicyclic) bond motifs is 1. The molecule has 1 N–H and O–H groups in total. The first-order valence-corrected chi connectivity index (χ1v) is 9.53. The molecule has 0 aliphatic carbocycles. The van der Waals surface area contributed by atoms with E-state index in [1.54, 1.807) is 17.4 Å². The number of imide groups is 1. The fourth-order valence-corrected chi connectivity index (χ4v) is 4.36. The highest BCUT2D eigenvalue weighted by atomic mass is 32.2. The molecule has 1 aromatic carbocycles. The molecule has 3 aromatic rings. The van der Waals surface area contributed by atoms with Gasteiger partial charge in [-0.15, -0.1) is 11.3 Å². The first-order chi connectivity index (χ1) is 12.1. The topological polar surface area (TPSA) is 64.0 Å². The lowest BCUT2D eigenvalue weighted by Gasteiger charge is -2.06. The molecule has 0 spiro atoms. The third-order valence-corrected chi connectivity index (χ3v) is 6.01. The van der Waals surface area contributed by atoms with E-state index in [4.69, 9.17) is 0 Å². The number of amides is 2. The Morgan fingerprint density at radius 3 is 2.88 bits per heavy atom.